The summed E-state index contributed by atoms with van der Waals surface area (Å²) in [6, 6.07) is 10.1. The molecule has 0 spiro atoms. The summed E-state index contributed by atoms with van der Waals surface area (Å²) in [5.74, 6) is 1.75. The topological polar surface area (TPSA) is 24.1 Å². The fourth-order valence-electron chi connectivity index (χ4n) is 2.78. The minimum Gasteiger partial charge on any atom is -0.362 e. The van der Waals surface area contributed by atoms with Gasteiger partial charge in [0, 0.05) is 12.2 Å². The number of hydrogen-bond acceptors (Lipinski definition) is 1. The van der Waals surface area contributed by atoms with Gasteiger partial charge in [-0.1, -0.05) is 44.4 Å². The number of hydrogen-bond donors (Lipinski definition) is 2. The second-order valence-corrected chi connectivity index (χ2v) is 5.90. The Morgan fingerprint density at radius 3 is 2.37 bits per heavy atom. The van der Waals surface area contributed by atoms with Crippen molar-refractivity contribution in [2.24, 2.45) is 11.8 Å². The lowest BCUT2D eigenvalue weighted by atomic mass is 9.81. The van der Waals surface area contributed by atoms with Crippen molar-refractivity contribution in [3.63, 3.8) is 0 Å². The van der Waals surface area contributed by atoms with Gasteiger partial charge in [0.1, 0.15) is 0 Å². The number of benzene rings is 1. The molecule has 104 valence electrons. The molecule has 0 aromatic heterocycles. The molecule has 1 aromatic carbocycles. The Balaban J connectivity index is 1.67. The predicted octanol–water partition coefficient (Wildman–Crippen LogP) is 4.19. The summed E-state index contributed by atoms with van der Waals surface area (Å²) in [4.78, 5) is 0. The Hall–Kier alpha value is -1.09. The van der Waals surface area contributed by atoms with Crippen molar-refractivity contribution in [2.75, 3.05) is 11.9 Å². The zero-order chi connectivity index (χ0) is 13.5. The van der Waals surface area contributed by atoms with Gasteiger partial charge >= 0.3 is 0 Å². The molecule has 2 N–H and O–H groups in total. The van der Waals surface area contributed by atoms with Crippen molar-refractivity contribution in [1.82, 2.24) is 5.32 Å². The van der Waals surface area contributed by atoms with E-state index in [2.05, 4.69) is 17.6 Å². The van der Waals surface area contributed by atoms with Crippen molar-refractivity contribution in [2.45, 2.75) is 39.0 Å². The van der Waals surface area contributed by atoms with Gasteiger partial charge in [-0.3, -0.25) is 0 Å². The van der Waals surface area contributed by atoms with Gasteiger partial charge in [0.15, 0.2) is 5.11 Å². The first kappa shape index (κ1) is 14.3. The number of para-hydroxylation sites is 1. The average molecular weight is 276 g/mol. The summed E-state index contributed by atoms with van der Waals surface area (Å²) in [6.07, 6.45) is 6.82. The second-order valence-electron chi connectivity index (χ2n) is 5.50. The van der Waals surface area contributed by atoms with Crippen molar-refractivity contribution < 1.29 is 0 Å². The lowest BCUT2D eigenvalue weighted by molar-refractivity contribution is 0.269. The van der Waals surface area contributed by atoms with Gasteiger partial charge in [0.05, 0.1) is 0 Å². The number of thiocarbonyl (C=S) groups is 1. The molecule has 1 saturated carbocycles. The molecule has 3 heteroatoms. The maximum Gasteiger partial charge on any atom is 0.170 e. The minimum atomic E-state index is 0.740. The third-order valence-electron chi connectivity index (χ3n) is 4.13. The first-order valence-corrected chi connectivity index (χ1v) is 7.78. The molecule has 0 amide bonds. The largest absolute Gasteiger partial charge is 0.362 e. The van der Waals surface area contributed by atoms with E-state index < -0.39 is 0 Å². The molecule has 0 saturated heterocycles. The van der Waals surface area contributed by atoms with Crippen molar-refractivity contribution in [1.29, 1.82) is 0 Å². The van der Waals surface area contributed by atoms with E-state index in [9.17, 15) is 0 Å². The summed E-state index contributed by atoms with van der Waals surface area (Å²) in [5.41, 5.74) is 1.05. The Labute approximate surface area is 122 Å². The highest BCUT2D eigenvalue weighted by molar-refractivity contribution is 7.80. The Morgan fingerprint density at radius 1 is 1.11 bits per heavy atom. The Morgan fingerprint density at radius 2 is 1.74 bits per heavy atom. The van der Waals surface area contributed by atoms with E-state index in [-0.39, 0.29) is 0 Å². The quantitative estimate of drug-likeness (QED) is 0.806. The number of nitrogens with one attached hydrogen (secondary N) is 2. The fraction of sp³-hybridized carbons (Fsp3) is 0.562. The number of anilines is 1. The van der Waals surface area contributed by atoms with Gasteiger partial charge in [-0.05, 0) is 49.0 Å². The van der Waals surface area contributed by atoms with Crippen LogP contribution in [-0.2, 0) is 0 Å². The van der Waals surface area contributed by atoms with Gasteiger partial charge in [0.25, 0.3) is 0 Å². The molecule has 0 radical (unpaired) electrons. The zero-order valence-electron chi connectivity index (χ0n) is 11.7. The van der Waals surface area contributed by atoms with Crippen LogP contribution in [0.3, 0.4) is 0 Å². The summed E-state index contributed by atoms with van der Waals surface area (Å²) < 4.78 is 0. The SMILES string of the molecule is CCC1CCC(CNC(=S)Nc2ccccc2)CC1. The molecule has 0 aliphatic heterocycles. The van der Waals surface area contributed by atoms with E-state index in [4.69, 9.17) is 12.2 Å². The van der Waals surface area contributed by atoms with Crippen LogP contribution < -0.4 is 10.6 Å². The Kier molecular flexibility index (Phi) is 5.64. The summed E-state index contributed by atoms with van der Waals surface area (Å²) in [7, 11) is 0. The van der Waals surface area contributed by atoms with E-state index in [1.54, 1.807) is 0 Å². The smallest absolute Gasteiger partial charge is 0.170 e. The van der Waals surface area contributed by atoms with Crippen LogP contribution in [0.15, 0.2) is 30.3 Å². The lowest BCUT2D eigenvalue weighted by Gasteiger charge is -2.28. The second kappa shape index (κ2) is 7.49. The van der Waals surface area contributed by atoms with Crippen LogP contribution in [0.2, 0.25) is 0 Å². The van der Waals surface area contributed by atoms with Crippen LogP contribution in [0.5, 0.6) is 0 Å². The molecular formula is C16H24N2S. The summed E-state index contributed by atoms with van der Waals surface area (Å²) >= 11 is 5.33. The fourth-order valence-corrected chi connectivity index (χ4v) is 2.98. The van der Waals surface area contributed by atoms with E-state index in [1.807, 2.05) is 30.3 Å². The first-order valence-electron chi connectivity index (χ1n) is 7.37. The van der Waals surface area contributed by atoms with Gasteiger partial charge in [-0.15, -0.1) is 0 Å². The third kappa shape index (κ3) is 4.83. The molecule has 0 heterocycles. The standard InChI is InChI=1S/C16H24N2S/c1-2-13-8-10-14(11-9-13)12-17-16(19)18-15-6-4-3-5-7-15/h3-7,13-14H,2,8-12H2,1H3,(H2,17,18,19). The molecule has 1 fully saturated rings. The van der Waals surface area contributed by atoms with Gasteiger partial charge in [-0.2, -0.15) is 0 Å². The normalized spacial score (nSPS) is 22.8. The molecule has 1 aliphatic carbocycles. The van der Waals surface area contributed by atoms with E-state index in [1.165, 1.54) is 32.1 Å². The van der Waals surface area contributed by atoms with Crippen LogP contribution in [0.25, 0.3) is 0 Å². The molecule has 1 aliphatic rings. The molecule has 1 aromatic rings. The van der Waals surface area contributed by atoms with E-state index in [0.717, 1.165) is 29.2 Å². The van der Waals surface area contributed by atoms with Crippen LogP contribution in [0.1, 0.15) is 39.0 Å². The Bertz CT molecular complexity index is 383. The van der Waals surface area contributed by atoms with Crippen molar-refractivity contribution in [3.8, 4) is 0 Å². The highest BCUT2D eigenvalue weighted by atomic mass is 32.1. The highest BCUT2D eigenvalue weighted by Crippen LogP contribution is 2.30. The number of rotatable bonds is 4. The highest BCUT2D eigenvalue weighted by Gasteiger charge is 2.19. The van der Waals surface area contributed by atoms with E-state index >= 15 is 0 Å². The zero-order valence-corrected chi connectivity index (χ0v) is 12.5. The van der Waals surface area contributed by atoms with Crippen molar-refractivity contribution in [3.05, 3.63) is 30.3 Å². The maximum absolute atomic E-state index is 5.33. The molecule has 0 atom stereocenters. The molecule has 2 rings (SSSR count). The summed E-state index contributed by atoms with van der Waals surface area (Å²) in [6.45, 7) is 3.32. The molecule has 0 bridgehead atoms. The minimum absolute atomic E-state index is 0.740. The van der Waals surface area contributed by atoms with Gasteiger partial charge < -0.3 is 10.6 Å². The predicted molar refractivity (Wildman–Crippen MR) is 86.4 cm³/mol. The molecule has 2 nitrogen and oxygen atoms in total. The van der Waals surface area contributed by atoms with Gasteiger partial charge in [-0.25, -0.2) is 0 Å². The van der Waals surface area contributed by atoms with Crippen LogP contribution in [0.4, 0.5) is 5.69 Å². The monoisotopic (exact) mass is 276 g/mol. The first-order chi connectivity index (χ1) is 9.28. The lowest BCUT2D eigenvalue weighted by Crippen LogP contribution is -2.34. The van der Waals surface area contributed by atoms with Crippen molar-refractivity contribution >= 4 is 23.0 Å². The summed E-state index contributed by atoms with van der Waals surface area (Å²) in [5, 5.41) is 7.32. The molecule has 19 heavy (non-hydrogen) atoms. The molecule has 0 unspecified atom stereocenters. The van der Waals surface area contributed by atoms with Crippen LogP contribution in [0, 0.1) is 11.8 Å². The van der Waals surface area contributed by atoms with E-state index in [0.29, 0.717) is 0 Å². The average Bonchev–Trinajstić information content (AvgIpc) is 2.47. The van der Waals surface area contributed by atoms with Crippen LogP contribution in [-0.4, -0.2) is 11.7 Å². The van der Waals surface area contributed by atoms with Gasteiger partial charge in [0.2, 0.25) is 0 Å². The molecular weight excluding hydrogens is 252 g/mol. The maximum atomic E-state index is 5.33. The van der Waals surface area contributed by atoms with Crippen LogP contribution >= 0.6 is 12.2 Å². The third-order valence-corrected chi connectivity index (χ3v) is 4.37.